The Kier molecular flexibility index (Phi) is 6.56. The molecule has 154 valence electrons. The van der Waals surface area contributed by atoms with Crippen LogP contribution < -0.4 is 10.1 Å². The quantitative estimate of drug-likeness (QED) is 0.285. The molecule has 8 nitrogen and oxygen atoms in total. The summed E-state index contributed by atoms with van der Waals surface area (Å²) < 4.78 is 27.5. The number of nitrogens with one attached hydrogen (secondary N) is 2. The van der Waals surface area contributed by atoms with Gasteiger partial charge >= 0.3 is 0 Å². The van der Waals surface area contributed by atoms with Crippen LogP contribution in [0.3, 0.4) is 0 Å². The number of anilines is 2. The lowest BCUT2D eigenvalue weighted by atomic mass is 10.2. The van der Waals surface area contributed by atoms with E-state index in [1.807, 2.05) is 0 Å². The Morgan fingerprint density at radius 2 is 1.70 bits per heavy atom. The van der Waals surface area contributed by atoms with E-state index in [9.17, 15) is 18.5 Å². The molecule has 0 aliphatic heterocycles. The lowest BCUT2D eigenvalue weighted by Crippen LogP contribution is -2.13. The first-order valence-electron chi connectivity index (χ1n) is 8.36. The summed E-state index contributed by atoms with van der Waals surface area (Å²) in [5, 5.41) is 16.3. The van der Waals surface area contributed by atoms with Gasteiger partial charge in [-0.25, -0.2) is 8.42 Å². The zero-order chi connectivity index (χ0) is 21.7. The van der Waals surface area contributed by atoms with E-state index in [1.165, 1.54) is 30.5 Å². The molecular weight excluding hydrogens is 451 g/mol. The Hall–Kier alpha value is -3.14. The first kappa shape index (κ1) is 21.6. The predicted octanol–water partition coefficient (Wildman–Crippen LogP) is 5.15. The molecule has 30 heavy (non-hydrogen) atoms. The van der Waals surface area contributed by atoms with Crippen molar-refractivity contribution < 1.29 is 13.3 Å². The van der Waals surface area contributed by atoms with Crippen LogP contribution in [0.2, 0.25) is 10.0 Å². The topological polar surface area (TPSA) is 114 Å². The van der Waals surface area contributed by atoms with E-state index < -0.39 is 20.6 Å². The second-order valence-electron chi connectivity index (χ2n) is 5.97. The molecule has 3 aromatic carbocycles. The molecule has 0 saturated carbocycles. The zero-order valence-electron chi connectivity index (χ0n) is 15.1. The van der Waals surface area contributed by atoms with Gasteiger partial charge in [0, 0.05) is 16.1 Å². The lowest BCUT2D eigenvalue weighted by molar-refractivity contribution is -0.384. The summed E-state index contributed by atoms with van der Waals surface area (Å²) in [5.74, 6) is 0. The molecule has 0 unspecified atom stereocenters. The Morgan fingerprint density at radius 1 is 0.967 bits per heavy atom. The maximum atomic E-state index is 12.6. The van der Waals surface area contributed by atoms with Crippen LogP contribution in [-0.2, 0) is 10.0 Å². The second kappa shape index (κ2) is 9.12. The van der Waals surface area contributed by atoms with E-state index in [2.05, 4.69) is 15.2 Å². The summed E-state index contributed by atoms with van der Waals surface area (Å²) in [4.78, 5) is 10.5. The van der Waals surface area contributed by atoms with Crippen molar-refractivity contribution in [3.05, 3.63) is 92.5 Å². The van der Waals surface area contributed by atoms with Crippen LogP contribution in [0.5, 0.6) is 0 Å². The standard InChI is InChI=1S/C19H14Cl2N4O4S/c20-14-6-4-13(5-7-14)12-22-23-18-9-8-17(11-19(18)25(26)27)30(28,29)24-16-3-1-2-15(21)10-16/h1-12,23-24H. The molecule has 11 heteroatoms. The predicted molar refractivity (Wildman–Crippen MR) is 118 cm³/mol. The van der Waals surface area contributed by atoms with Crippen molar-refractivity contribution >= 4 is 56.5 Å². The molecule has 0 heterocycles. The molecule has 0 aliphatic rings. The van der Waals surface area contributed by atoms with Gasteiger partial charge < -0.3 is 0 Å². The van der Waals surface area contributed by atoms with Crippen LogP contribution in [-0.4, -0.2) is 19.6 Å². The molecule has 2 N–H and O–H groups in total. The van der Waals surface area contributed by atoms with E-state index in [1.54, 1.807) is 36.4 Å². The molecule has 3 rings (SSSR count). The Bertz CT molecular complexity index is 1220. The highest BCUT2D eigenvalue weighted by Crippen LogP contribution is 2.29. The second-order valence-corrected chi connectivity index (χ2v) is 8.53. The lowest BCUT2D eigenvalue weighted by Gasteiger charge is -2.09. The summed E-state index contributed by atoms with van der Waals surface area (Å²) in [5.41, 5.74) is 3.10. The highest BCUT2D eigenvalue weighted by atomic mass is 35.5. The molecular formula is C19H14Cl2N4O4S. The van der Waals surface area contributed by atoms with Gasteiger partial charge in [0.05, 0.1) is 21.7 Å². The number of rotatable bonds is 7. The number of nitrogens with zero attached hydrogens (tertiary/aromatic N) is 2. The Morgan fingerprint density at radius 3 is 2.37 bits per heavy atom. The van der Waals surface area contributed by atoms with Crippen molar-refractivity contribution in [3.8, 4) is 0 Å². The fourth-order valence-electron chi connectivity index (χ4n) is 2.42. The Labute approximate surface area is 182 Å². The van der Waals surface area contributed by atoms with Crippen LogP contribution in [0.15, 0.2) is 76.7 Å². The van der Waals surface area contributed by atoms with E-state index in [0.717, 1.165) is 11.6 Å². The fraction of sp³-hybridized carbons (Fsp3) is 0. The van der Waals surface area contributed by atoms with Crippen LogP contribution >= 0.6 is 23.2 Å². The highest BCUT2D eigenvalue weighted by molar-refractivity contribution is 7.92. The van der Waals surface area contributed by atoms with Crippen molar-refractivity contribution in [3.63, 3.8) is 0 Å². The van der Waals surface area contributed by atoms with Gasteiger partial charge in [-0.1, -0.05) is 41.4 Å². The van der Waals surface area contributed by atoms with Crippen molar-refractivity contribution in [2.24, 2.45) is 5.10 Å². The minimum Gasteiger partial charge on any atom is -0.280 e. The smallest absolute Gasteiger partial charge is 0.280 e. The molecule has 0 aliphatic carbocycles. The van der Waals surface area contributed by atoms with Crippen molar-refractivity contribution in [2.45, 2.75) is 4.90 Å². The van der Waals surface area contributed by atoms with Crippen molar-refractivity contribution in [2.75, 3.05) is 10.1 Å². The van der Waals surface area contributed by atoms with Gasteiger partial charge in [-0.15, -0.1) is 0 Å². The average molecular weight is 465 g/mol. The first-order chi connectivity index (χ1) is 14.2. The number of halogens is 2. The zero-order valence-corrected chi connectivity index (χ0v) is 17.4. The van der Waals surface area contributed by atoms with Gasteiger partial charge in [0.1, 0.15) is 5.69 Å². The van der Waals surface area contributed by atoms with E-state index in [0.29, 0.717) is 10.0 Å². The third-order valence-corrected chi connectivity index (χ3v) is 5.69. The van der Waals surface area contributed by atoms with E-state index in [4.69, 9.17) is 23.2 Å². The summed E-state index contributed by atoms with van der Waals surface area (Å²) in [6, 6.07) is 16.4. The third kappa shape index (κ3) is 5.47. The van der Waals surface area contributed by atoms with Gasteiger partial charge in [0.2, 0.25) is 0 Å². The van der Waals surface area contributed by atoms with E-state index in [-0.39, 0.29) is 16.3 Å². The molecule has 3 aromatic rings. The highest BCUT2D eigenvalue weighted by Gasteiger charge is 2.21. The minimum atomic E-state index is -4.06. The first-order valence-corrected chi connectivity index (χ1v) is 10.6. The molecule has 0 atom stereocenters. The molecule has 0 saturated heterocycles. The largest absolute Gasteiger partial charge is 0.295 e. The number of hydrazone groups is 1. The summed E-state index contributed by atoms with van der Waals surface area (Å²) in [6.07, 6.45) is 1.45. The van der Waals surface area contributed by atoms with Crippen LogP contribution in [0, 0.1) is 10.1 Å². The summed E-state index contributed by atoms with van der Waals surface area (Å²) >= 11 is 11.7. The van der Waals surface area contributed by atoms with Gasteiger partial charge in [-0.05, 0) is 48.0 Å². The van der Waals surface area contributed by atoms with Crippen LogP contribution in [0.1, 0.15) is 5.56 Å². The number of hydrogen-bond donors (Lipinski definition) is 2. The van der Waals surface area contributed by atoms with Gasteiger partial charge in [0.15, 0.2) is 0 Å². The fourth-order valence-corrected chi connectivity index (χ4v) is 3.80. The normalized spacial score (nSPS) is 11.4. The summed E-state index contributed by atoms with van der Waals surface area (Å²) in [6.45, 7) is 0. The van der Waals surface area contributed by atoms with Gasteiger partial charge in [-0.2, -0.15) is 5.10 Å². The number of sulfonamides is 1. The average Bonchev–Trinajstić information content (AvgIpc) is 2.69. The molecule has 0 amide bonds. The Balaban J connectivity index is 1.83. The minimum absolute atomic E-state index is 0.0342. The number of nitro benzene ring substituents is 1. The monoisotopic (exact) mass is 464 g/mol. The molecule has 0 aromatic heterocycles. The number of benzene rings is 3. The SMILES string of the molecule is O=[N+]([O-])c1cc(S(=O)(=O)Nc2cccc(Cl)c2)ccc1NN=Cc1ccc(Cl)cc1. The molecule has 0 bridgehead atoms. The number of hydrogen-bond acceptors (Lipinski definition) is 6. The van der Waals surface area contributed by atoms with Crippen LogP contribution in [0.4, 0.5) is 17.1 Å². The van der Waals surface area contributed by atoms with Gasteiger partial charge in [0.25, 0.3) is 15.7 Å². The van der Waals surface area contributed by atoms with E-state index >= 15 is 0 Å². The maximum Gasteiger partial charge on any atom is 0.295 e. The maximum absolute atomic E-state index is 12.6. The molecule has 0 spiro atoms. The molecule has 0 radical (unpaired) electrons. The molecule has 0 fully saturated rings. The summed E-state index contributed by atoms with van der Waals surface area (Å²) in [7, 11) is -4.06. The van der Waals surface area contributed by atoms with Crippen molar-refractivity contribution in [1.29, 1.82) is 0 Å². The van der Waals surface area contributed by atoms with Crippen LogP contribution in [0.25, 0.3) is 0 Å². The third-order valence-electron chi connectivity index (χ3n) is 3.82. The van der Waals surface area contributed by atoms with Crippen molar-refractivity contribution in [1.82, 2.24) is 0 Å². The van der Waals surface area contributed by atoms with Gasteiger partial charge in [-0.3, -0.25) is 20.3 Å². The number of nitro groups is 1.